The number of hydrogen-bond acceptors (Lipinski definition) is 5. The van der Waals surface area contributed by atoms with E-state index >= 15 is 0 Å². The van der Waals surface area contributed by atoms with Gasteiger partial charge in [0.1, 0.15) is 13.2 Å². The Morgan fingerprint density at radius 3 is 1.86 bits per heavy atom. The summed E-state index contributed by atoms with van der Waals surface area (Å²) in [5, 5.41) is 12.3. The second-order valence-electron chi connectivity index (χ2n) is 10.5. The minimum atomic E-state index is -1.14. The Kier molecular flexibility index (Phi) is 12.3. The van der Waals surface area contributed by atoms with E-state index in [2.05, 4.69) is 34.5 Å². The molecular formula is C35H36N3NaO5. The molecule has 1 aliphatic rings. The van der Waals surface area contributed by atoms with E-state index in [0.29, 0.717) is 32.6 Å². The van der Waals surface area contributed by atoms with Gasteiger partial charge in [-0.3, -0.25) is 14.5 Å². The van der Waals surface area contributed by atoms with E-state index in [1.807, 2.05) is 66.7 Å². The molecule has 2 N–H and O–H groups in total. The van der Waals surface area contributed by atoms with Gasteiger partial charge >= 0.3 is 35.5 Å². The van der Waals surface area contributed by atoms with Gasteiger partial charge in [-0.05, 0) is 40.8 Å². The van der Waals surface area contributed by atoms with Crippen LogP contribution in [0.25, 0.3) is 0 Å². The van der Waals surface area contributed by atoms with Gasteiger partial charge < -0.3 is 20.1 Å². The number of piperazine rings is 1. The molecule has 9 heteroatoms. The van der Waals surface area contributed by atoms with E-state index in [0.717, 1.165) is 11.1 Å². The predicted octanol–water partition coefficient (Wildman–Crippen LogP) is 4.22. The summed E-state index contributed by atoms with van der Waals surface area (Å²) in [6.45, 7) is 1.94. The van der Waals surface area contributed by atoms with Crippen molar-refractivity contribution >= 4 is 53.0 Å². The average Bonchev–Trinajstić information content (AvgIpc) is 3.03. The SMILES string of the molecule is O=C(COCC(=O)N1CCN(C(c2ccccc2)c2ccccc2)CC1)Nc1ccc(Cc2ccccc2)cc1C(=O)O.[NaH]. The zero-order valence-electron chi connectivity index (χ0n) is 23.9. The number of rotatable bonds is 11. The summed E-state index contributed by atoms with van der Waals surface area (Å²) >= 11 is 0. The Morgan fingerprint density at radius 1 is 0.727 bits per heavy atom. The molecule has 4 aromatic rings. The number of hydrogen-bond donors (Lipinski definition) is 2. The second kappa shape index (κ2) is 16.3. The van der Waals surface area contributed by atoms with Crippen LogP contribution in [0.1, 0.15) is 38.7 Å². The van der Waals surface area contributed by atoms with Crippen LogP contribution >= 0.6 is 0 Å². The third-order valence-corrected chi connectivity index (χ3v) is 7.56. The Balaban J connectivity index is 0.00000442. The molecule has 0 aliphatic carbocycles. The summed E-state index contributed by atoms with van der Waals surface area (Å²) in [6.07, 6.45) is 0.577. The number of ether oxygens (including phenoxy) is 1. The standard InChI is InChI=1S/C35H35N3O5.Na.H/c39-32(36-31-17-16-27(23-30(31)35(41)42)22-26-10-4-1-5-11-26)24-43-25-33(40)37-18-20-38(21-19-37)34(28-12-6-2-7-13-28)29-14-8-3-9-15-29;;/h1-17,23,34H,18-22,24-25H2,(H,36,39)(H,41,42);;. The second-order valence-corrected chi connectivity index (χ2v) is 10.5. The number of nitrogens with one attached hydrogen (secondary N) is 1. The van der Waals surface area contributed by atoms with Gasteiger partial charge in [0, 0.05) is 26.2 Å². The molecule has 1 saturated heterocycles. The van der Waals surface area contributed by atoms with Crippen molar-refractivity contribution in [3.8, 4) is 0 Å². The first-order valence-corrected chi connectivity index (χ1v) is 14.4. The predicted molar refractivity (Wildman–Crippen MR) is 172 cm³/mol. The van der Waals surface area contributed by atoms with Crippen molar-refractivity contribution in [3.05, 3.63) is 137 Å². The van der Waals surface area contributed by atoms with Gasteiger partial charge in [-0.1, -0.05) is 97.1 Å². The van der Waals surface area contributed by atoms with Crippen molar-refractivity contribution in [2.75, 3.05) is 44.7 Å². The summed E-state index contributed by atoms with van der Waals surface area (Å²) < 4.78 is 5.43. The molecule has 0 saturated carbocycles. The third-order valence-electron chi connectivity index (χ3n) is 7.56. The zero-order valence-corrected chi connectivity index (χ0v) is 23.9. The van der Waals surface area contributed by atoms with Crippen LogP contribution < -0.4 is 5.32 Å². The number of carbonyl (C=O) groups excluding carboxylic acids is 2. The minimum absolute atomic E-state index is 0. The summed E-state index contributed by atoms with van der Waals surface area (Å²) in [5.41, 5.74) is 4.48. The Bertz CT molecular complexity index is 1490. The van der Waals surface area contributed by atoms with E-state index in [1.165, 1.54) is 11.1 Å². The van der Waals surface area contributed by atoms with Gasteiger partial charge in [0.15, 0.2) is 0 Å². The Hall–Kier alpha value is -3.79. The van der Waals surface area contributed by atoms with Crippen molar-refractivity contribution < 1.29 is 24.2 Å². The molecule has 5 rings (SSSR count). The zero-order chi connectivity index (χ0) is 30.0. The van der Waals surface area contributed by atoms with Crippen molar-refractivity contribution in [1.82, 2.24) is 9.80 Å². The van der Waals surface area contributed by atoms with Crippen molar-refractivity contribution in [2.45, 2.75) is 12.5 Å². The Morgan fingerprint density at radius 2 is 1.30 bits per heavy atom. The fourth-order valence-electron chi connectivity index (χ4n) is 5.44. The van der Waals surface area contributed by atoms with Gasteiger partial charge in [0.25, 0.3) is 0 Å². The van der Waals surface area contributed by atoms with E-state index in [9.17, 15) is 19.5 Å². The molecule has 2 amide bonds. The molecule has 0 spiro atoms. The summed E-state index contributed by atoms with van der Waals surface area (Å²) in [6, 6.07) is 35.5. The van der Waals surface area contributed by atoms with E-state index in [-0.39, 0.29) is 66.0 Å². The average molecular weight is 602 g/mol. The number of carboxylic acids is 1. The van der Waals surface area contributed by atoms with Crippen LogP contribution in [-0.4, -0.2) is 102 Å². The summed E-state index contributed by atoms with van der Waals surface area (Å²) in [7, 11) is 0. The molecule has 0 unspecified atom stereocenters. The molecule has 1 fully saturated rings. The monoisotopic (exact) mass is 601 g/mol. The normalized spacial score (nSPS) is 13.2. The van der Waals surface area contributed by atoms with Crippen molar-refractivity contribution in [1.29, 1.82) is 0 Å². The molecule has 1 aliphatic heterocycles. The van der Waals surface area contributed by atoms with Crippen LogP contribution in [0.15, 0.2) is 109 Å². The van der Waals surface area contributed by atoms with Gasteiger partial charge in [-0.25, -0.2) is 4.79 Å². The molecule has 0 bridgehead atoms. The van der Waals surface area contributed by atoms with Crippen molar-refractivity contribution in [2.24, 2.45) is 0 Å². The van der Waals surface area contributed by atoms with Crippen LogP contribution in [0.3, 0.4) is 0 Å². The summed E-state index contributed by atoms with van der Waals surface area (Å²) in [5.74, 6) is -1.84. The molecule has 4 aromatic carbocycles. The number of aromatic carboxylic acids is 1. The van der Waals surface area contributed by atoms with Crippen LogP contribution in [0.2, 0.25) is 0 Å². The number of anilines is 1. The molecule has 44 heavy (non-hydrogen) atoms. The van der Waals surface area contributed by atoms with E-state index in [1.54, 1.807) is 23.1 Å². The molecule has 222 valence electrons. The van der Waals surface area contributed by atoms with Crippen LogP contribution in [-0.2, 0) is 20.7 Å². The first-order valence-electron chi connectivity index (χ1n) is 14.4. The van der Waals surface area contributed by atoms with Gasteiger partial charge in [-0.2, -0.15) is 0 Å². The molecule has 1 heterocycles. The molecule has 0 radical (unpaired) electrons. The van der Waals surface area contributed by atoms with Crippen LogP contribution in [0, 0.1) is 0 Å². The maximum absolute atomic E-state index is 12.9. The Labute approximate surface area is 279 Å². The quantitative estimate of drug-likeness (QED) is 0.250. The van der Waals surface area contributed by atoms with Gasteiger partial charge in [0.2, 0.25) is 11.8 Å². The van der Waals surface area contributed by atoms with Crippen molar-refractivity contribution in [3.63, 3.8) is 0 Å². The van der Waals surface area contributed by atoms with Crippen LogP contribution in [0.4, 0.5) is 5.69 Å². The van der Waals surface area contributed by atoms with Gasteiger partial charge in [0.05, 0.1) is 17.3 Å². The fourth-order valence-corrected chi connectivity index (χ4v) is 5.44. The van der Waals surface area contributed by atoms with Crippen LogP contribution in [0.5, 0.6) is 0 Å². The first-order chi connectivity index (χ1) is 21.0. The molecule has 8 nitrogen and oxygen atoms in total. The number of carbonyl (C=O) groups is 3. The fraction of sp³-hybridized carbons (Fsp3) is 0.229. The third kappa shape index (κ3) is 8.87. The number of nitrogens with zero attached hydrogens (tertiary/aromatic N) is 2. The van der Waals surface area contributed by atoms with Gasteiger partial charge in [-0.15, -0.1) is 0 Å². The summed E-state index contributed by atoms with van der Waals surface area (Å²) in [4.78, 5) is 41.4. The number of amides is 2. The first kappa shape index (κ1) is 33.1. The molecule has 0 aromatic heterocycles. The van der Waals surface area contributed by atoms with E-state index < -0.39 is 11.9 Å². The molecule has 0 atom stereocenters. The maximum atomic E-state index is 12.9. The number of benzene rings is 4. The number of carboxylic acid groups (broad SMARTS) is 1. The topological polar surface area (TPSA) is 99.2 Å². The van der Waals surface area contributed by atoms with E-state index in [4.69, 9.17) is 4.74 Å². The molecular weight excluding hydrogens is 565 g/mol.